The van der Waals surface area contributed by atoms with Crippen LogP contribution >= 0.6 is 0 Å². The van der Waals surface area contributed by atoms with Crippen LogP contribution in [0.15, 0.2) is 48.5 Å². The van der Waals surface area contributed by atoms with Crippen molar-refractivity contribution in [3.63, 3.8) is 0 Å². The number of carbonyl (C=O) groups excluding carboxylic acids is 2. The second kappa shape index (κ2) is 11.5. The van der Waals surface area contributed by atoms with Crippen LogP contribution in [0.4, 0.5) is 15.8 Å². The van der Waals surface area contributed by atoms with Crippen LogP contribution in [0.25, 0.3) is 0 Å². The maximum atomic E-state index is 13.3. The van der Waals surface area contributed by atoms with E-state index in [-0.39, 0.29) is 17.9 Å². The summed E-state index contributed by atoms with van der Waals surface area (Å²) in [5.41, 5.74) is 0.134. The smallest absolute Gasteiger partial charge is 0.271 e. The summed E-state index contributed by atoms with van der Waals surface area (Å²) in [5.74, 6) is -1.61. The molecular formula is C22H27FN4O6S. The molecule has 0 saturated heterocycles. The molecule has 0 spiro atoms. The lowest BCUT2D eigenvalue weighted by molar-refractivity contribution is -0.384. The molecule has 12 heteroatoms. The van der Waals surface area contributed by atoms with E-state index in [4.69, 9.17) is 0 Å². The zero-order valence-corrected chi connectivity index (χ0v) is 19.9. The third-order valence-electron chi connectivity index (χ3n) is 4.99. The molecule has 0 radical (unpaired) electrons. The van der Waals surface area contributed by atoms with Gasteiger partial charge in [0.15, 0.2) is 0 Å². The van der Waals surface area contributed by atoms with Gasteiger partial charge in [-0.15, -0.1) is 0 Å². The molecule has 1 N–H and O–H groups in total. The molecule has 0 aliphatic carbocycles. The van der Waals surface area contributed by atoms with Gasteiger partial charge in [-0.1, -0.05) is 25.1 Å². The number of halogens is 1. The highest BCUT2D eigenvalue weighted by molar-refractivity contribution is 7.92. The predicted octanol–water partition coefficient (Wildman–Crippen LogP) is 2.44. The van der Waals surface area contributed by atoms with Gasteiger partial charge in [0.25, 0.3) is 5.69 Å². The maximum Gasteiger partial charge on any atom is 0.271 e. The lowest BCUT2D eigenvalue weighted by Crippen LogP contribution is -2.51. The van der Waals surface area contributed by atoms with Gasteiger partial charge in [0.05, 0.1) is 16.9 Å². The molecule has 10 nitrogen and oxygen atoms in total. The van der Waals surface area contributed by atoms with Gasteiger partial charge in [-0.2, -0.15) is 0 Å². The van der Waals surface area contributed by atoms with Crippen molar-refractivity contribution in [1.82, 2.24) is 10.2 Å². The minimum atomic E-state index is -4.01. The standard InChI is InChI=1S/C22H27FN4O6S/c1-4-12-24-22(29)16(2)25(14-17-8-10-18(23)11-9-17)21(28)15-26(34(3,32)33)19-6-5-7-20(13-19)27(30)31/h5-11,13,16H,4,12,14-15H2,1-3H3,(H,24,29). The molecule has 2 aromatic rings. The third kappa shape index (κ3) is 7.24. The van der Waals surface area contributed by atoms with Gasteiger partial charge in [-0.05, 0) is 37.1 Å². The molecule has 1 atom stereocenters. The molecule has 0 heterocycles. The molecule has 0 aliphatic rings. The Hall–Kier alpha value is -3.54. The van der Waals surface area contributed by atoms with Crippen LogP contribution in [-0.4, -0.2) is 55.4 Å². The lowest BCUT2D eigenvalue weighted by Gasteiger charge is -2.31. The van der Waals surface area contributed by atoms with Crippen LogP contribution in [0, 0.1) is 15.9 Å². The molecule has 34 heavy (non-hydrogen) atoms. The molecule has 0 bridgehead atoms. The minimum absolute atomic E-state index is 0.0603. The Balaban J connectivity index is 2.40. The molecule has 0 fully saturated rings. The number of benzene rings is 2. The first kappa shape index (κ1) is 26.7. The van der Waals surface area contributed by atoms with Gasteiger partial charge in [-0.3, -0.25) is 24.0 Å². The first-order valence-corrected chi connectivity index (χ1v) is 12.3. The van der Waals surface area contributed by atoms with Crippen molar-refractivity contribution in [3.05, 3.63) is 70.0 Å². The molecule has 0 saturated carbocycles. The summed E-state index contributed by atoms with van der Waals surface area (Å²) >= 11 is 0. The van der Waals surface area contributed by atoms with Crippen molar-refractivity contribution in [2.75, 3.05) is 23.7 Å². The second-order valence-corrected chi connectivity index (χ2v) is 9.57. The number of amides is 2. The number of nitro groups is 1. The number of anilines is 1. The first-order valence-electron chi connectivity index (χ1n) is 10.5. The van der Waals surface area contributed by atoms with Crippen LogP contribution in [0.5, 0.6) is 0 Å². The van der Waals surface area contributed by atoms with E-state index in [2.05, 4.69) is 5.32 Å². The highest BCUT2D eigenvalue weighted by Crippen LogP contribution is 2.24. The molecule has 2 aromatic carbocycles. The summed E-state index contributed by atoms with van der Waals surface area (Å²) in [4.78, 5) is 37.5. The SMILES string of the molecule is CCCNC(=O)C(C)N(Cc1ccc(F)cc1)C(=O)CN(c1cccc([N+](=O)[O-])c1)S(C)(=O)=O. The van der Waals surface area contributed by atoms with Gasteiger partial charge < -0.3 is 10.2 Å². The minimum Gasteiger partial charge on any atom is -0.354 e. The van der Waals surface area contributed by atoms with Gasteiger partial charge in [-0.25, -0.2) is 12.8 Å². The summed E-state index contributed by atoms with van der Waals surface area (Å²) in [6.07, 6.45) is 1.56. The second-order valence-electron chi connectivity index (χ2n) is 7.66. The topological polar surface area (TPSA) is 130 Å². The van der Waals surface area contributed by atoms with Crippen LogP contribution in [0.1, 0.15) is 25.8 Å². The maximum absolute atomic E-state index is 13.3. The van der Waals surface area contributed by atoms with E-state index in [1.54, 1.807) is 0 Å². The summed E-state index contributed by atoms with van der Waals surface area (Å²) < 4.78 is 39.0. The largest absolute Gasteiger partial charge is 0.354 e. The quantitative estimate of drug-likeness (QED) is 0.377. The van der Waals surface area contributed by atoms with E-state index in [9.17, 15) is 32.5 Å². The molecule has 1 unspecified atom stereocenters. The Bertz CT molecular complexity index is 1140. The number of nitro benzene ring substituents is 1. The van der Waals surface area contributed by atoms with Crippen LogP contribution in [0.2, 0.25) is 0 Å². The van der Waals surface area contributed by atoms with Crippen molar-refractivity contribution in [2.45, 2.75) is 32.9 Å². The third-order valence-corrected chi connectivity index (χ3v) is 6.13. The van der Waals surface area contributed by atoms with E-state index < -0.39 is 45.2 Å². The Morgan fingerprint density at radius 3 is 2.38 bits per heavy atom. The fraction of sp³-hybridized carbons (Fsp3) is 0.364. The Morgan fingerprint density at radius 1 is 1.18 bits per heavy atom. The normalized spacial score (nSPS) is 12.0. The molecule has 0 aromatic heterocycles. The fourth-order valence-electron chi connectivity index (χ4n) is 3.14. The summed E-state index contributed by atoms with van der Waals surface area (Å²) in [7, 11) is -4.01. The van der Waals surface area contributed by atoms with Crippen LogP contribution in [0.3, 0.4) is 0 Å². The van der Waals surface area contributed by atoms with Gasteiger partial charge in [0, 0.05) is 25.2 Å². The van der Waals surface area contributed by atoms with Crippen molar-refractivity contribution in [3.8, 4) is 0 Å². The molecule has 0 aliphatic heterocycles. The monoisotopic (exact) mass is 494 g/mol. The van der Waals surface area contributed by atoms with E-state index >= 15 is 0 Å². The zero-order valence-electron chi connectivity index (χ0n) is 19.1. The van der Waals surface area contributed by atoms with Crippen LogP contribution in [-0.2, 0) is 26.2 Å². The highest BCUT2D eigenvalue weighted by atomic mass is 32.2. The number of non-ortho nitro benzene ring substituents is 1. The molecule has 2 rings (SSSR count). The number of sulfonamides is 1. The molecular weight excluding hydrogens is 467 g/mol. The number of rotatable bonds is 11. The van der Waals surface area contributed by atoms with Crippen LogP contribution < -0.4 is 9.62 Å². The highest BCUT2D eigenvalue weighted by Gasteiger charge is 2.30. The van der Waals surface area contributed by atoms with E-state index in [1.807, 2.05) is 6.92 Å². The summed E-state index contributed by atoms with van der Waals surface area (Å²) in [6.45, 7) is 3.00. The van der Waals surface area contributed by atoms with Crippen molar-refractivity contribution >= 4 is 33.2 Å². The Labute approximate surface area is 197 Å². The Kier molecular flexibility index (Phi) is 9.07. The number of nitrogens with zero attached hydrogens (tertiary/aromatic N) is 3. The fourth-order valence-corrected chi connectivity index (χ4v) is 3.98. The predicted molar refractivity (Wildman–Crippen MR) is 125 cm³/mol. The van der Waals surface area contributed by atoms with Gasteiger partial charge in [0.2, 0.25) is 21.8 Å². The van der Waals surface area contributed by atoms with E-state index in [0.717, 1.165) is 16.6 Å². The average Bonchev–Trinajstić information content (AvgIpc) is 2.79. The molecule has 2 amide bonds. The van der Waals surface area contributed by atoms with Crippen molar-refractivity contribution in [2.24, 2.45) is 0 Å². The lowest BCUT2D eigenvalue weighted by atomic mass is 10.1. The Morgan fingerprint density at radius 2 is 1.82 bits per heavy atom. The average molecular weight is 495 g/mol. The zero-order chi connectivity index (χ0) is 25.5. The first-order chi connectivity index (χ1) is 15.9. The number of hydrogen-bond acceptors (Lipinski definition) is 6. The van der Waals surface area contributed by atoms with E-state index in [1.165, 1.54) is 54.3 Å². The molecule has 184 valence electrons. The number of hydrogen-bond donors (Lipinski definition) is 1. The summed E-state index contributed by atoms with van der Waals surface area (Å²) in [6, 6.07) is 9.29. The summed E-state index contributed by atoms with van der Waals surface area (Å²) in [5, 5.41) is 13.8. The van der Waals surface area contributed by atoms with Crippen molar-refractivity contribution < 1.29 is 27.3 Å². The number of carbonyl (C=O) groups is 2. The van der Waals surface area contributed by atoms with Gasteiger partial charge in [0.1, 0.15) is 18.4 Å². The van der Waals surface area contributed by atoms with Crippen molar-refractivity contribution in [1.29, 1.82) is 0 Å². The van der Waals surface area contributed by atoms with E-state index in [0.29, 0.717) is 18.5 Å². The van der Waals surface area contributed by atoms with Gasteiger partial charge >= 0.3 is 0 Å². The number of nitrogens with one attached hydrogen (secondary N) is 1.